The number of carbonyl (C=O) groups excluding carboxylic acids is 3. The largest absolute Gasteiger partial charge is 0.392 e. The number of carbonyl (C=O) groups is 3. The van der Waals surface area contributed by atoms with Crippen LogP contribution in [0.15, 0.2) is 41.6 Å². The van der Waals surface area contributed by atoms with E-state index in [1.54, 1.807) is 0 Å². The number of benzene rings is 1. The average molecular weight is 332 g/mol. The Hall–Kier alpha value is -2.12. The van der Waals surface area contributed by atoms with Crippen molar-refractivity contribution in [3.8, 4) is 0 Å². The Morgan fingerprint density at radius 3 is 2.78 bits per heavy atom. The molecule has 2 heterocycles. The van der Waals surface area contributed by atoms with Crippen LogP contribution >= 0.6 is 11.8 Å². The molecule has 2 N–H and O–H groups in total. The lowest BCUT2D eigenvalue weighted by Crippen LogP contribution is -2.70. The Labute approximate surface area is 137 Å². The first-order valence-electron chi connectivity index (χ1n) is 7.21. The lowest BCUT2D eigenvalue weighted by Gasteiger charge is -2.49. The summed E-state index contributed by atoms with van der Waals surface area (Å²) >= 11 is 1.44. The molecule has 1 aromatic carbocycles. The predicted octanol–water partition coefficient (Wildman–Crippen LogP) is 0.0743. The molecule has 2 amide bonds. The van der Waals surface area contributed by atoms with E-state index in [4.69, 9.17) is 0 Å². The molecule has 0 aliphatic carbocycles. The molecule has 0 radical (unpaired) electrons. The lowest BCUT2D eigenvalue weighted by molar-refractivity contribution is -0.146. The summed E-state index contributed by atoms with van der Waals surface area (Å²) < 4.78 is 0. The summed E-state index contributed by atoms with van der Waals surface area (Å²) in [6.45, 7) is -0.247. The fourth-order valence-corrected chi connectivity index (χ4v) is 4.08. The monoisotopic (exact) mass is 332 g/mol. The number of aliphatic hydroxyl groups is 1. The average Bonchev–Trinajstić information content (AvgIpc) is 2.59. The molecule has 1 saturated heterocycles. The van der Waals surface area contributed by atoms with Gasteiger partial charge in [-0.2, -0.15) is 0 Å². The van der Waals surface area contributed by atoms with Crippen molar-refractivity contribution >= 4 is 29.9 Å². The van der Waals surface area contributed by atoms with Gasteiger partial charge in [0, 0.05) is 5.75 Å². The van der Waals surface area contributed by atoms with Crippen molar-refractivity contribution in [1.82, 2.24) is 10.2 Å². The highest BCUT2D eigenvalue weighted by molar-refractivity contribution is 8.00. The van der Waals surface area contributed by atoms with Gasteiger partial charge in [-0.1, -0.05) is 30.3 Å². The van der Waals surface area contributed by atoms with E-state index < -0.39 is 6.04 Å². The van der Waals surface area contributed by atoms with Gasteiger partial charge < -0.3 is 10.4 Å². The third-order valence-corrected chi connectivity index (χ3v) is 5.26. The number of β-lactam (4-membered cyclic amide) rings is 1. The Morgan fingerprint density at radius 2 is 2.13 bits per heavy atom. The molecule has 2 atom stereocenters. The van der Waals surface area contributed by atoms with Crippen molar-refractivity contribution in [2.24, 2.45) is 0 Å². The number of hydrogen-bond donors (Lipinski definition) is 2. The zero-order valence-corrected chi connectivity index (χ0v) is 13.1. The maximum atomic E-state index is 12.2. The molecule has 0 spiro atoms. The van der Waals surface area contributed by atoms with E-state index in [9.17, 15) is 19.5 Å². The predicted molar refractivity (Wildman–Crippen MR) is 85.3 cm³/mol. The van der Waals surface area contributed by atoms with Gasteiger partial charge in [0.1, 0.15) is 11.4 Å². The molecule has 0 unspecified atom stereocenters. The summed E-state index contributed by atoms with van der Waals surface area (Å²) in [5.74, 6) is -0.0552. The number of thioether (sulfide) groups is 1. The van der Waals surface area contributed by atoms with Crippen LogP contribution in [-0.4, -0.2) is 51.9 Å². The molecule has 1 aromatic rings. The van der Waals surface area contributed by atoms with Gasteiger partial charge >= 0.3 is 0 Å². The van der Waals surface area contributed by atoms with Crippen LogP contribution in [0.3, 0.4) is 0 Å². The number of aliphatic hydroxyl groups excluding tert-OH is 1. The number of aldehydes is 1. The molecular weight excluding hydrogens is 316 g/mol. The molecule has 7 heteroatoms. The number of nitrogens with one attached hydrogen (secondary N) is 1. The third-order valence-electron chi connectivity index (χ3n) is 3.92. The maximum Gasteiger partial charge on any atom is 0.253 e. The second-order valence-corrected chi connectivity index (χ2v) is 6.49. The Kier molecular flexibility index (Phi) is 4.49. The highest BCUT2D eigenvalue weighted by Crippen LogP contribution is 2.39. The molecule has 6 nitrogen and oxygen atoms in total. The molecule has 3 rings (SSSR count). The molecular formula is C16H16N2O4S. The van der Waals surface area contributed by atoms with Crippen molar-refractivity contribution in [1.29, 1.82) is 0 Å². The fourth-order valence-electron chi connectivity index (χ4n) is 2.73. The van der Waals surface area contributed by atoms with Crippen LogP contribution in [0.2, 0.25) is 0 Å². The summed E-state index contributed by atoms with van der Waals surface area (Å²) in [6.07, 6.45) is 0.804. The van der Waals surface area contributed by atoms with Crippen molar-refractivity contribution in [2.45, 2.75) is 17.8 Å². The standard InChI is InChI=1S/C16H16N2O4S/c19-7-11-9-23-16-14(15(22)18(16)12(11)8-20)17-13(21)6-10-4-2-1-3-5-10/h1-5,8,14,16,19H,6-7,9H2,(H,17,21)/t14-,16-/m1/s1. The van der Waals surface area contributed by atoms with Crippen LogP contribution in [0.25, 0.3) is 0 Å². The highest BCUT2D eigenvalue weighted by Gasteiger charge is 2.52. The Balaban J connectivity index is 1.66. The zero-order valence-electron chi connectivity index (χ0n) is 12.3. The van der Waals surface area contributed by atoms with E-state index in [-0.39, 0.29) is 35.9 Å². The highest BCUT2D eigenvalue weighted by atomic mass is 32.2. The molecule has 0 saturated carbocycles. The minimum atomic E-state index is -0.619. The van der Waals surface area contributed by atoms with Crippen LogP contribution in [0.4, 0.5) is 0 Å². The van der Waals surface area contributed by atoms with Crippen molar-refractivity contribution in [3.63, 3.8) is 0 Å². The smallest absolute Gasteiger partial charge is 0.253 e. The first-order valence-corrected chi connectivity index (χ1v) is 8.26. The van der Waals surface area contributed by atoms with Crippen molar-refractivity contribution < 1.29 is 19.5 Å². The van der Waals surface area contributed by atoms with Gasteiger partial charge in [0.2, 0.25) is 5.91 Å². The quantitative estimate of drug-likeness (QED) is 0.589. The first-order chi connectivity index (χ1) is 11.2. The zero-order chi connectivity index (χ0) is 16.4. The van der Waals surface area contributed by atoms with Gasteiger partial charge in [-0.05, 0) is 11.1 Å². The molecule has 120 valence electrons. The van der Waals surface area contributed by atoms with Crippen molar-refractivity contribution in [3.05, 3.63) is 47.2 Å². The number of amides is 2. The number of rotatable bonds is 5. The third kappa shape index (κ3) is 2.89. The van der Waals surface area contributed by atoms with E-state index in [0.29, 0.717) is 17.6 Å². The molecule has 1 fully saturated rings. The molecule has 0 aromatic heterocycles. The second-order valence-electron chi connectivity index (χ2n) is 5.38. The molecule has 2 aliphatic rings. The van der Waals surface area contributed by atoms with E-state index in [0.717, 1.165) is 5.56 Å². The van der Waals surface area contributed by atoms with Gasteiger partial charge in [-0.3, -0.25) is 19.3 Å². The Bertz CT molecular complexity index is 674. The van der Waals surface area contributed by atoms with E-state index in [1.807, 2.05) is 30.3 Å². The normalized spacial score (nSPS) is 23.2. The van der Waals surface area contributed by atoms with E-state index in [2.05, 4.69) is 5.32 Å². The Morgan fingerprint density at radius 1 is 1.39 bits per heavy atom. The van der Waals surface area contributed by atoms with Crippen LogP contribution in [-0.2, 0) is 20.8 Å². The SMILES string of the molecule is O=CC1=C(CO)CS[C@@H]2[C@H](NC(=O)Cc3ccccc3)C(=O)N12. The summed E-state index contributed by atoms with van der Waals surface area (Å²) in [7, 11) is 0. The number of hydrogen-bond acceptors (Lipinski definition) is 5. The summed E-state index contributed by atoms with van der Waals surface area (Å²) in [4.78, 5) is 36.9. The summed E-state index contributed by atoms with van der Waals surface area (Å²) in [5, 5.41) is 11.7. The van der Waals surface area contributed by atoms with Gasteiger partial charge in [-0.25, -0.2) is 0 Å². The van der Waals surface area contributed by atoms with Gasteiger partial charge in [-0.15, -0.1) is 11.8 Å². The lowest BCUT2D eigenvalue weighted by atomic mass is 10.0. The van der Waals surface area contributed by atoms with E-state index in [1.165, 1.54) is 16.7 Å². The van der Waals surface area contributed by atoms with Crippen molar-refractivity contribution in [2.75, 3.05) is 12.4 Å². The fraction of sp³-hybridized carbons (Fsp3) is 0.312. The van der Waals surface area contributed by atoms with E-state index >= 15 is 0 Å². The first kappa shape index (κ1) is 15.8. The molecule has 2 aliphatic heterocycles. The van der Waals surface area contributed by atoms with Gasteiger partial charge in [0.25, 0.3) is 5.91 Å². The van der Waals surface area contributed by atoms with Crippen LogP contribution < -0.4 is 5.32 Å². The molecule has 23 heavy (non-hydrogen) atoms. The van der Waals surface area contributed by atoms with Crippen LogP contribution in [0.5, 0.6) is 0 Å². The topological polar surface area (TPSA) is 86.7 Å². The maximum absolute atomic E-state index is 12.2. The van der Waals surface area contributed by atoms with Crippen LogP contribution in [0.1, 0.15) is 5.56 Å². The minimum absolute atomic E-state index is 0.209. The molecule has 0 bridgehead atoms. The number of allylic oxidation sites excluding steroid dienone is 1. The number of nitrogens with zero attached hydrogens (tertiary/aromatic N) is 1. The minimum Gasteiger partial charge on any atom is -0.392 e. The van der Waals surface area contributed by atoms with Gasteiger partial charge in [0.15, 0.2) is 6.29 Å². The number of fused-ring (bicyclic) bond motifs is 1. The van der Waals surface area contributed by atoms with Crippen LogP contribution in [0, 0.1) is 0 Å². The van der Waals surface area contributed by atoms with Gasteiger partial charge in [0.05, 0.1) is 18.7 Å². The second kappa shape index (κ2) is 6.55. The summed E-state index contributed by atoms with van der Waals surface area (Å²) in [5.41, 5.74) is 1.65. The summed E-state index contributed by atoms with van der Waals surface area (Å²) in [6, 6.07) is 8.67.